The van der Waals surface area contributed by atoms with E-state index in [0.29, 0.717) is 5.56 Å². The first-order valence-corrected chi connectivity index (χ1v) is 9.70. The first kappa shape index (κ1) is 22.1. The predicted molar refractivity (Wildman–Crippen MR) is 111 cm³/mol. The number of carboxylic acids is 1. The number of benzene rings is 2. The van der Waals surface area contributed by atoms with Crippen LogP contribution in [0.15, 0.2) is 54.6 Å². The predicted octanol–water partition coefficient (Wildman–Crippen LogP) is 3.33. The summed E-state index contributed by atoms with van der Waals surface area (Å²) in [5, 5.41) is 14.9. The number of nitrogens with one attached hydrogen (secondary N) is 2. The topological polar surface area (TPSA) is 95.5 Å². The van der Waals surface area contributed by atoms with E-state index in [1.54, 1.807) is 26.0 Å². The number of carboxylic acid groups (broad SMARTS) is 1. The molecule has 6 heteroatoms. The number of carbonyl (C=O) groups excluding carboxylic acids is 2. The van der Waals surface area contributed by atoms with Crippen LogP contribution in [-0.2, 0) is 9.59 Å². The highest BCUT2D eigenvalue weighted by Gasteiger charge is 2.24. The minimum absolute atomic E-state index is 0.0199. The van der Waals surface area contributed by atoms with E-state index in [0.717, 1.165) is 11.1 Å². The summed E-state index contributed by atoms with van der Waals surface area (Å²) in [4.78, 5) is 36.4. The maximum absolute atomic E-state index is 12.6. The van der Waals surface area contributed by atoms with E-state index in [1.165, 1.54) is 0 Å². The van der Waals surface area contributed by atoms with Gasteiger partial charge in [-0.2, -0.15) is 0 Å². The van der Waals surface area contributed by atoms with Crippen LogP contribution in [-0.4, -0.2) is 29.4 Å². The molecule has 6 nitrogen and oxygen atoms in total. The Bertz CT molecular complexity index is 832. The molecule has 0 bridgehead atoms. The second kappa shape index (κ2) is 10.4. The molecular weight excluding hydrogens is 368 g/mol. The van der Waals surface area contributed by atoms with Gasteiger partial charge in [0.05, 0.1) is 18.4 Å². The fourth-order valence-corrected chi connectivity index (χ4v) is 2.97. The van der Waals surface area contributed by atoms with Crippen molar-refractivity contribution in [1.82, 2.24) is 10.6 Å². The van der Waals surface area contributed by atoms with E-state index < -0.39 is 17.9 Å². The molecule has 0 saturated heterocycles. The van der Waals surface area contributed by atoms with Crippen molar-refractivity contribution in [2.75, 3.05) is 6.54 Å². The van der Waals surface area contributed by atoms with Crippen molar-refractivity contribution in [3.8, 4) is 0 Å². The average Bonchev–Trinajstić information content (AvgIpc) is 2.68. The normalized spacial score (nSPS) is 12.8. The first-order chi connectivity index (χ1) is 13.8. The summed E-state index contributed by atoms with van der Waals surface area (Å²) in [6.07, 6.45) is 0.0199. The minimum Gasteiger partial charge on any atom is -0.481 e. The number of aryl methyl sites for hydroxylation is 1. The van der Waals surface area contributed by atoms with Crippen molar-refractivity contribution in [3.05, 3.63) is 71.3 Å². The van der Waals surface area contributed by atoms with Gasteiger partial charge >= 0.3 is 5.97 Å². The van der Waals surface area contributed by atoms with Gasteiger partial charge in [-0.3, -0.25) is 14.4 Å². The number of hydrogen-bond acceptors (Lipinski definition) is 3. The molecule has 0 heterocycles. The largest absolute Gasteiger partial charge is 0.481 e. The molecule has 2 aromatic carbocycles. The molecule has 29 heavy (non-hydrogen) atoms. The molecule has 154 valence electrons. The highest BCUT2D eigenvalue weighted by atomic mass is 16.4. The van der Waals surface area contributed by atoms with Crippen molar-refractivity contribution >= 4 is 17.8 Å². The Kier molecular flexibility index (Phi) is 7.95. The van der Waals surface area contributed by atoms with Crippen molar-refractivity contribution in [1.29, 1.82) is 0 Å². The third-order valence-electron chi connectivity index (χ3n) is 4.85. The van der Waals surface area contributed by atoms with Crippen molar-refractivity contribution < 1.29 is 19.5 Å². The van der Waals surface area contributed by atoms with Crippen LogP contribution in [0.1, 0.15) is 47.8 Å². The molecule has 2 atom stereocenters. The Morgan fingerprint density at radius 3 is 2.14 bits per heavy atom. The van der Waals surface area contributed by atoms with Gasteiger partial charge in [0, 0.05) is 12.1 Å². The van der Waals surface area contributed by atoms with E-state index >= 15 is 0 Å². The van der Waals surface area contributed by atoms with Gasteiger partial charge in [-0.05, 0) is 30.5 Å². The standard InChI is InChI=1S/C23H28N2O4/c1-15(2)19(23(28)29)14-24-21(26)13-20(17-7-5-4-6-8-17)25-22(27)18-11-9-16(3)10-12-18/h4-12,15,19-20H,13-14H2,1-3H3,(H,24,26)(H,25,27)(H,28,29). The SMILES string of the molecule is Cc1ccc(C(=O)NC(CC(=O)NCC(C(=O)O)C(C)C)c2ccccc2)cc1. The molecule has 2 rings (SSSR count). The number of hydrogen-bond donors (Lipinski definition) is 3. The zero-order chi connectivity index (χ0) is 21.4. The zero-order valence-electron chi connectivity index (χ0n) is 17.0. The highest BCUT2D eigenvalue weighted by Crippen LogP contribution is 2.18. The average molecular weight is 396 g/mol. The number of amides is 2. The first-order valence-electron chi connectivity index (χ1n) is 9.70. The van der Waals surface area contributed by atoms with Gasteiger partial charge in [0.2, 0.25) is 5.91 Å². The van der Waals surface area contributed by atoms with Crippen LogP contribution < -0.4 is 10.6 Å². The highest BCUT2D eigenvalue weighted by molar-refractivity contribution is 5.94. The number of carbonyl (C=O) groups is 3. The molecule has 2 amide bonds. The lowest BCUT2D eigenvalue weighted by Gasteiger charge is -2.21. The Hall–Kier alpha value is -3.15. The maximum atomic E-state index is 12.6. The third-order valence-corrected chi connectivity index (χ3v) is 4.85. The summed E-state index contributed by atoms with van der Waals surface area (Å²) in [6.45, 7) is 5.61. The number of rotatable bonds is 9. The van der Waals surface area contributed by atoms with Crippen LogP contribution >= 0.6 is 0 Å². The molecule has 0 saturated carbocycles. The lowest BCUT2D eigenvalue weighted by Crippen LogP contribution is -2.38. The minimum atomic E-state index is -0.937. The van der Waals surface area contributed by atoms with Crippen molar-refractivity contribution in [3.63, 3.8) is 0 Å². The molecule has 3 N–H and O–H groups in total. The lowest BCUT2D eigenvalue weighted by atomic mass is 9.96. The van der Waals surface area contributed by atoms with Gasteiger partial charge in [-0.15, -0.1) is 0 Å². The Morgan fingerprint density at radius 2 is 1.59 bits per heavy atom. The summed E-state index contributed by atoms with van der Waals surface area (Å²) in [5.74, 6) is -2.27. The smallest absolute Gasteiger partial charge is 0.308 e. The van der Waals surface area contributed by atoms with Gasteiger partial charge in [0.15, 0.2) is 0 Å². The van der Waals surface area contributed by atoms with Gasteiger partial charge in [0.25, 0.3) is 5.91 Å². The van der Waals surface area contributed by atoms with Crippen LogP contribution in [0, 0.1) is 18.8 Å². The second-order valence-electron chi connectivity index (χ2n) is 7.50. The zero-order valence-corrected chi connectivity index (χ0v) is 17.0. The van der Waals surface area contributed by atoms with E-state index in [4.69, 9.17) is 0 Å². The molecule has 0 aliphatic heterocycles. The summed E-state index contributed by atoms with van der Waals surface area (Å²) in [7, 11) is 0. The van der Waals surface area contributed by atoms with Gasteiger partial charge in [-0.1, -0.05) is 61.9 Å². The van der Waals surface area contributed by atoms with Crippen molar-refractivity contribution in [2.24, 2.45) is 11.8 Å². The van der Waals surface area contributed by atoms with Crippen LogP contribution in [0.2, 0.25) is 0 Å². The van der Waals surface area contributed by atoms with Gasteiger partial charge < -0.3 is 15.7 Å². The molecule has 2 unspecified atom stereocenters. The monoisotopic (exact) mass is 396 g/mol. The second-order valence-corrected chi connectivity index (χ2v) is 7.50. The van der Waals surface area contributed by atoms with E-state index in [-0.39, 0.29) is 30.7 Å². The Morgan fingerprint density at radius 1 is 0.966 bits per heavy atom. The maximum Gasteiger partial charge on any atom is 0.308 e. The van der Waals surface area contributed by atoms with Crippen LogP contribution in [0.3, 0.4) is 0 Å². The van der Waals surface area contributed by atoms with Gasteiger partial charge in [-0.25, -0.2) is 0 Å². The van der Waals surface area contributed by atoms with E-state index in [9.17, 15) is 19.5 Å². The summed E-state index contributed by atoms with van der Waals surface area (Å²) < 4.78 is 0. The fraction of sp³-hybridized carbons (Fsp3) is 0.348. The lowest BCUT2D eigenvalue weighted by molar-refractivity contribution is -0.143. The van der Waals surface area contributed by atoms with Crippen LogP contribution in [0.5, 0.6) is 0 Å². The van der Waals surface area contributed by atoms with E-state index in [1.807, 2.05) is 49.4 Å². The molecule has 2 aromatic rings. The van der Waals surface area contributed by atoms with Gasteiger partial charge in [0.1, 0.15) is 0 Å². The fourth-order valence-electron chi connectivity index (χ4n) is 2.97. The van der Waals surface area contributed by atoms with Crippen molar-refractivity contribution in [2.45, 2.75) is 33.2 Å². The molecule has 0 spiro atoms. The molecule has 0 aromatic heterocycles. The van der Waals surface area contributed by atoms with Crippen LogP contribution in [0.4, 0.5) is 0 Å². The third kappa shape index (κ3) is 6.75. The summed E-state index contributed by atoms with van der Waals surface area (Å²) >= 11 is 0. The molecule has 0 fully saturated rings. The quantitative estimate of drug-likeness (QED) is 0.606. The molecule has 0 aliphatic rings. The molecule has 0 aliphatic carbocycles. The summed E-state index contributed by atoms with van der Waals surface area (Å²) in [5.41, 5.74) is 2.38. The van der Waals surface area contributed by atoms with Crippen LogP contribution in [0.25, 0.3) is 0 Å². The van der Waals surface area contributed by atoms with E-state index in [2.05, 4.69) is 10.6 Å². The number of aliphatic carboxylic acids is 1. The molecule has 0 radical (unpaired) electrons. The molecular formula is C23H28N2O4. The summed E-state index contributed by atoms with van der Waals surface area (Å²) in [6, 6.07) is 15.9. The Balaban J connectivity index is 2.08. The Labute approximate surface area is 171 Å².